The van der Waals surface area contributed by atoms with Gasteiger partial charge in [0, 0.05) is 6.21 Å². The first-order valence-electron chi connectivity index (χ1n) is 2.77. The second-order valence-electron chi connectivity index (χ2n) is 2.05. The zero-order valence-electron chi connectivity index (χ0n) is 5.20. The summed E-state index contributed by atoms with van der Waals surface area (Å²) < 4.78 is 0. The normalized spacial score (nSPS) is 17.2. The van der Waals surface area contributed by atoms with Gasteiger partial charge in [0.15, 0.2) is 0 Å². The quantitative estimate of drug-likeness (QED) is 0.459. The topological polar surface area (TPSA) is 52.8 Å². The molecule has 48 valence electrons. The molecular formula is C5H8BNO2. The van der Waals surface area contributed by atoms with Crippen LogP contribution in [0, 0.1) is 0 Å². The van der Waals surface area contributed by atoms with E-state index in [4.69, 9.17) is 10.0 Å². The van der Waals surface area contributed by atoms with Crippen molar-refractivity contribution >= 4 is 13.3 Å². The molecular weight excluding hydrogens is 117 g/mol. The van der Waals surface area contributed by atoms with E-state index < -0.39 is 7.12 Å². The minimum atomic E-state index is -1.33. The summed E-state index contributed by atoms with van der Waals surface area (Å²) in [5, 5.41) is 17.3. The molecule has 0 atom stereocenters. The lowest BCUT2D eigenvalue weighted by Gasteiger charge is -1.97. The number of allylic oxidation sites excluding steroid dienone is 1. The summed E-state index contributed by atoms with van der Waals surface area (Å²) in [5.74, 6) is 0. The van der Waals surface area contributed by atoms with Crippen LogP contribution in [0.25, 0.3) is 0 Å². The molecule has 9 heavy (non-hydrogen) atoms. The molecule has 1 aliphatic rings. The standard InChI is InChI=1S/C5H8BNO2/c1-4-2-7-3-5(4)6(8)9/h2,8-9H,3H2,1H3. The van der Waals surface area contributed by atoms with Crippen molar-refractivity contribution < 1.29 is 10.0 Å². The summed E-state index contributed by atoms with van der Waals surface area (Å²) in [6, 6.07) is 0. The van der Waals surface area contributed by atoms with Crippen LogP contribution in [0.1, 0.15) is 6.92 Å². The van der Waals surface area contributed by atoms with E-state index in [0.717, 1.165) is 5.57 Å². The number of rotatable bonds is 1. The molecule has 1 aliphatic heterocycles. The first-order chi connectivity index (χ1) is 4.22. The fourth-order valence-corrected chi connectivity index (χ4v) is 0.774. The van der Waals surface area contributed by atoms with Gasteiger partial charge < -0.3 is 10.0 Å². The summed E-state index contributed by atoms with van der Waals surface area (Å²) >= 11 is 0. The highest BCUT2D eigenvalue weighted by molar-refractivity contribution is 6.52. The fourth-order valence-electron chi connectivity index (χ4n) is 0.774. The molecule has 2 N–H and O–H groups in total. The molecule has 1 heterocycles. The Labute approximate surface area is 53.9 Å². The Morgan fingerprint density at radius 2 is 2.33 bits per heavy atom. The molecule has 0 saturated heterocycles. The molecule has 0 aromatic rings. The molecule has 0 radical (unpaired) electrons. The van der Waals surface area contributed by atoms with E-state index in [9.17, 15) is 0 Å². The van der Waals surface area contributed by atoms with Gasteiger partial charge in [-0.25, -0.2) is 0 Å². The highest BCUT2D eigenvalue weighted by Crippen LogP contribution is 2.09. The predicted molar refractivity (Wildman–Crippen MR) is 36.3 cm³/mol. The van der Waals surface area contributed by atoms with Crippen LogP contribution in [0.2, 0.25) is 0 Å². The molecule has 0 aliphatic carbocycles. The van der Waals surface area contributed by atoms with Gasteiger partial charge in [-0.2, -0.15) is 0 Å². The third-order valence-corrected chi connectivity index (χ3v) is 1.36. The van der Waals surface area contributed by atoms with Crippen LogP contribution in [0.15, 0.2) is 16.0 Å². The van der Waals surface area contributed by atoms with Crippen molar-refractivity contribution in [1.29, 1.82) is 0 Å². The van der Waals surface area contributed by atoms with Crippen molar-refractivity contribution in [2.24, 2.45) is 4.99 Å². The Balaban J connectivity index is 2.73. The molecule has 0 aromatic carbocycles. The molecule has 0 saturated carbocycles. The van der Waals surface area contributed by atoms with Gasteiger partial charge in [0.1, 0.15) is 0 Å². The van der Waals surface area contributed by atoms with E-state index in [0.29, 0.717) is 12.0 Å². The maximum Gasteiger partial charge on any atom is 0.486 e. The highest BCUT2D eigenvalue weighted by atomic mass is 16.4. The molecule has 0 fully saturated rings. The summed E-state index contributed by atoms with van der Waals surface area (Å²) in [6.07, 6.45) is 1.65. The third kappa shape index (κ3) is 1.20. The highest BCUT2D eigenvalue weighted by Gasteiger charge is 2.18. The summed E-state index contributed by atoms with van der Waals surface area (Å²) in [5.41, 5.74) is 1.47. The van der Waals surface area contributed by atoms with Crippen molar-refractivity contribution in [3.63, 3.8) is 0 Å². The maximum absolute atomic E-state index is 8.64. The molecule has 0 unspecified atom stereocenters. The largest absolute Gasteiger partial charge is 0.486 e. The van der Waals surface area contributed by atoms with Crippen molar-refractivity contribution in [1.82, 2.24) is 0 Å². The maximum atomic E-state index is 8.64. The lowest BCUT2D eigenvalue weighted by molar-refractivity contribution is 0.418. The SMILES string of the molecule is CC1=C(B(O)O)CN=C1. The van der Waals surface area contributed by atoms with E-state index in [1.54, 1.807) is 6.21 Å². The lowest BCUT2D eigenvalue weighted by atomic mass is 9.77. The van der Waals surface area contributed by atoms with Gasteiger partial charge in [0.25, 0.3) is 0 Å². The molecule has 0 spiro atoms. The Hall–Kier alpha value is -0.605. The van der Waals surface area contributed by atoms with Crippen molar-refractivity contribution in [2.45, 2.75) is 6.92 Å². The van der Waals surface area contributed by atoms with Gasteiger partial charge >= 0.3 is 7.12 Å². The zero-order chi connectivity index (χ0) is 6.85. The summed E-state index contributed by atoms with van der Waals surface area (Å²) in [7, 11) is -1.33. The van der Waals surface area contributed by atoms with E-state index in [1.807, 2.05) is 6.92 Å². The Kier molecular flexibility index (Phi) is 1.69. The van der Waals surface area contributed by atoms with Gasteiger partial charge in [-0.1, -0.05) is 0 Å². The number of nitrogens with zero attached hydrogens (tertiary/aromatic N) is 1. The van der Waals surface area contributed by atoms with Crippen LogP contribution >= 0.6 is 0 Å². The fraction of sp³-hybridized carbons (Fsp3) is 0.400. The molecule has 0 bridgehead atoms. The minimum Gasteiger partial charge on any atom is -0.423 e. The molecule has 3 nitrogen and oxygen atoms in total. The average molecular weight is 125 g/mol. The smallest absolute Gasteiger partial charge is 0.423 e. The average Bonchev–Trinajstić information content (AvgIpc) is 2.13. The van der Waals surface area contributed by atoms with E-state index >= 15 is 0 Å². The minimum absolute atomic E-state index is 0.434. The first kappa shape index (κ1) is 6.51. The summed E-state index contributed by atoms with van der Waals surface area (Å²) in [4.78, 5) is 3.85. The van der Waals surface area contributed by atoms with Gasteiger partial charge in [0.2, 0.25) is 0 Å². The second kappa shape index (κ2) is 2.33. The van der Waals surface area contributed by atoms with Crippen LogP contribution in [-0.4, -0.2) is 29.9 Å². The Morgan fingerprint density at radius 3 is 2.56 bits per heavy atom. The Morgan fingerprint density at radius 1 is 1.67 bits per heavy atom. The van der Waals surface area contributed by atoms with Crippen molar-refractivity contribution in [2.75, 3.05) is 6.54 Å². The number of hydrogen-bond acceptors (Lipinski definition) is 3. The van der Waals surface area contributed by atoms with Crippen LogP contribution in [0.5, 0.6) is 0 Å². The van der Waals surface area contributed by atoms with Crippen LogP contribution in [-0.2, 0) is 0 Å². The van der Waals surface area contributed by atoms with E-state index in [1.165, 1.54) is 0 Å². The van der Waals surface area contributed by atoms with Crippen LogP contribution in [0.3, 0.4) is 0 Å². The predicted octanol–water partition coefficient (Wildman–Crippen LogP) is -0.601. The van der Waals surface area contributed by atoms with E-state index in [2.05, 4.69) is 4.99 Å². The van der Waals surface area contributed by atoms with Crippen LogP contribution in [0.4, 0.5) is 0 Å². The van der Waals surface area contributed by atoms with E-state index in [-0.39, 0.29) is 0 Å². The Bertz CT molecular complexity index is 174. The van der Waals surface area contributed by atoms with Crippen molar-refractivity contribution in [3.8, 4) is 0 Å². The zero-order valence-corrected chi connectivity index (χ0v) is 5.20. The van der Waals surface area contributed by atoms with Crippen molar-refractivity contribution in [3.05, 3.63) is 11.0 Å². The summed E-state index contributed by atoms with van der Waals surface area (Å²) in [6.45, 7) is 2.24. The van der Waals surface area contributed by atoms with Gasteiger partial charge in [-0.15, -0.1) is 0 Å². The molecule has 0 aromatic heterocycles. The van der Waals surface area contributed by atoms with Gasteiger partial charge in [-0.3, -0.25) is 4.99 Å². The number of aliphatic imine (C=N–C) groups is 1. The molecule has 0 amide bonds. The van der Waals surface area contributed by atoms with Crippen LogP contribution < -0.4 is 0 Å². The van der Waals surface area contributed by atoms with Gasteiger partial charge in [0.05, 0.1) is 6.54 Å². The number of hydrogen-bond donors (Lipinski definition) is 2. The second-order valence-corrected chi connectivity index (χ2v) is 2.05. The third-order valence-electron chi connectivity index (χ3n) is 1.36. The lowest BCUT2D eigenvalue weighted by Crippen LogP contribution is -2.17. The monoisotopic (exact) mass is 125 g/mol. The van der Waals surface area contributed by atoms with Gasteiger partial charge in [-0.05, 0) is 18.0 Å². The first-order valence-corrected chi connectivity index (χ1v) is 2.77. The molecule has 1 rings (SSSR count). The molecule has 4 heteroatoms.